The van der Waals surface area contributed by atoms with Gasteiger partial charge in [-0.15, -0.1) is 12.4 Å². The Kier molecular flexibility index (Phi) is 5.36. The number of nitrogens with zero attached hydrogens (tertiary/aromatic N) is 3. The van der Waals surface area contributed by atoms with Crippen molar-refractivity contribution in [3.8, 4) is 0 Å². The number of rotatable bonds is 4. The molecule has 24 heavy (non-hydrogen) atoms. The Morgan fingerprint density at radius 1 is 1.04 bits per heavy atom. The maximum absolute atomic E-state index is 4.62. The lowest BCUT2D eigenvalue weighted by Crippen LogP contribution is -2.11. The first kappa shape index (κ1) is 16.8. The predicted molar refractivity (Wildman–Crippen MR) is 101 cm³/mol. The van der Waals surface area contributed by atoms with Crippen molar-refractivity contribution >= 4 is 29.1 Å². The fourth-order valence-electron chi connectivity index (χ4n) is 3.49. The molecule has 1 N–H and O–H groups in total. The molecule has 126 valence electrons. The van der Waals surface area contributed by atoms with Gasteiger partial charge in [0.25, 0.3) is 0 Å². The predicted octanol–water partition coefficient (Wildman–Crippen LogP) is 4.97. The molecule has 0 unspecified atom stereocenters. The fourth-order valence-corrected chi connectivity index (χ4v) is 3.49. The van der Waals surface area contributed by atoms with Crippen molar-refractivity contribution in [1.82, 2.24) is 14.5 Å². The molecule has 0 radical (unpaired) electrons. The quantitative estimate of drug-likeness (QED) is 0.727. The summed E-state index contributed by atoms with van der Waals surface area (Å²) in [7, 11) is 0. The van der Waals surface area contributed by atoms with Gasteiger partial charge >= 0.3 is 0 Å². The van der Waals surface area contributed by atoms with Gasteiger partial charge in [0, 0.05) is 17.9 Å². The van der Waals surface area contributed by atoms with E-state index in [1.807, 2.05) is 30.7 Å². The number of halogens is 1. The van der Waals surface area contributed by atoms with Gasteiger partial charge in [0.05, 0.1) is 29.6 Å². The molecule has 5 heteroatoms. The summed E-state index contributed by atoms with van der Waals surface area (Å²) in [5, 5.41) is 3.43. The minimum Gasteiger partial charge on any atom is -0.379 e. The van der Waals surface area contributed by atoms with Gasteiger partial charge in [-0.3, -0.25) is 4.98 Å². The third kappa shape index (κ3) is 3.54. The Bertz CT molecular complexity index is 778. The number of nitrogens with one attached hydrogen (secondary N) is 1. The molecule has 2 heterocycles. The maximum atomic E-state index is 4.62. The SMILES string of the molecule is Cl.c1ccc(CNc2ccc3c(c2)ncn3C2CCCCC2)nc1. The van der Waals surface area contributed by atoms with Crippen LogP contribution in [0.25, 0.3) is 11.0 Å². The zero-order valence-electron chi connectivity index (χ0n) is 13.7. The van der Waals surface area contributed by atoms with Gasteiger partial charge in [0.2, 0.25) is 0 Å². The molecule has 1 aromatic carbocycles. The summed E-state index contributed by atoms with van der Waals surface area (Å²) in [5.74, 6) is 0. The van der Waals surface area contributed by atoms with Crippen molar-refractivity contribution in [2.75, 3.05) is 5.32 Å². The van der Waals surface area contributed by atoms with Crippen molar-refractivity contribution in [2.45, 2.75) is 44.7 Å². The van der Waals surface area contributed by atoms with E-state index in [2.05, 4.69) is 38.1 Å². The molecule has 1 fully saturated rings. The Hall–Kier alpha value is -2.07. The first-order chi connectivity index (χ1) is 11.4. The van der Waals surface area contributed by atoms with Crippen LogP contribution in [0.5, 0.6) is 0 Å². The smallest absolute Gasteiger partial charge is 0.0960 e. The molecule has 1 saturated carbocycles. The highest BCUT2D eigenvalue weighted by atomic mass is 35.5. The molecular weight excluding hydrogens is 320 g/mol. The van der Waals surface area contributed by atoms with Crippen LogP contribution in [-0.4, -0.2) is 14.5 Å². The molecule has 0 amide bonds. The van der Waals surface area contributed by atoms with Crippen LogP contribution in [0.2, 0.25) is 0 Å². The summed E-state index contributed by atoms with van der Waals surface area (Å²) < 4.78 is 2.37. The standard InChI is InChI=1S/C19H22N4.ClH/c1-2-7-17(8-3-1)23-14-22-18-12-15(9-10-19(18)23)21-13-16-6-4-5-11-20-16;/h4-6,9-12,14,17,21H,1-3,7-8,13H2;1H. The minimum absolute atomic E-state index is 0. The molecule has 0 aliphatic heterocycles. The van der Waals surface area contributed by atoms with Gasteiger partial charge in [-0.05, 0) is 43.2 Å². The van der Waals surface area contributed by atoms with E-state index in [4.69, 9.17) is 0 Å². The van der Waals surface area contributed by atoms with Crippen LogP contribution < -0.4 is 5.32 Å². The number of imidazole rings is 1. The van der Waals surface area contributed by atoms with Gasteiger partial charge in [-0.25, -0.2) is 4.98 Å². The maximum Gasteiger partial charge on any atom is 0.0960 e. The van der Waals surface area contributed by atoms with Crippen LogP contribution in [0, 0.1) is 0 Å². The van der Waals surface area contributed by atoms with Crippen LogP contribution in [-0.2, 0) is 6.54 Å². The average molecular weight is 343 g/mol. The summed E-state index contributed by atoms with van der Waals surface area (Å²) >= 11 is 0. The molecule has 4 rings (SSSR count). The molecule has 2 aromatic heterocycles. The third-order valence-corrected chi connectivity index (χ3v) is 4.74. The lowest BCUT2D eigenvalue weighted by Gasteiger charge is -2.23. The lowest BCUT2D eigenvalue weighted by atomic mass is 9.95. The summed E-state index contributed by atoms with van der Waals surface area (Å²) in [6.07, 6.45) is 10.5. The highest BCUT2D eigenvalue weighted by molar-refractivity contribution is 5.85. The van der Waals surface area contributed by atoms with Crippen LogP contribution in [0.3, 0.4) is 0 Å². The molecule has 1 aliphatic carbocycles. The third-order valence-electron chi connectivity index (χ3n) is 4.74. The van der Waals surface area contributed by atoms with E-state index in [-0.39, 0.29) is 12.4 Å². The fraction of sp³-hybridized carbons (Fsp3) is 0.368. The molecule has 0 bridgehead atoms. The number of aromatic nitrogens is 3. The number of hydrogen-bond donors (Lipinski definition) is 1. The molecule has 4 nitrogen and oxygen atoms in total. The van der Waals surface area contributed by atoms with Gasteiger partial charge in [-0.2, -0.15) is 0 Å². The number of pyridine rings is 1. The second-order valence-corrected chi connectivity index (χ2v) is 6.32. The van der Waals surface area contributed by atoms with Crippen molar-refractivity contribution < 1.29 is 0 Å². The summed E-state index contributed by atoms with van der Waals surface area (Å²) in [4.78, 5) is 8.96. The highest BCUT2D eigenvalue weighted by Crippen LogP contribution is 2.31. The van der Waals surface area contributed by atoms with Gasteiger partial charge < -0.3 is 9.88 Å². The van der Waals surface area contributed by atoms with Crippen LogP contribution in [0.1, 0.15) is 43.8 Å². The Balaban J connectivity index is 0.00000169. The van der Waals surface area contributed by atoms with E-state index in [0.717, 1.165) is 23.4 Å². The number of benzene rings is 1. The van der Waals surface area contributed by atoms with E-state index in [1.165, 1.54) is 37.6 Å². The van der Waals surface area contributed by atoms with Crippen LogP contribution in [0.4, 0.5) is 5.69 Å². The molecule has 3 aromatic rings. The van der Waals surface area contributed by atoms with Crippen molar-refractivity contribution in [1.29, 1.82) is 0 Å². The topological polar surface area (TPSA) is 42.7 Å². The molecule has 0 atom stereocenters. The van der Waals surface area contributed by atoms with E-state index in [0.29, 0.717) is 6.04 Å². The van der Waals surface area contributed by atoms with E-state index in [1.54, 1.807) is 0 Å². The Morgan fingerprint density at radius 3 is 2.71 bits per heavy atom. The first-order valence-electron chi connectivity index (χ1n) is 8.50. The largest absolute Gasteiger partial charge is 0.379 e. The molecule has 1 aliphatic rings. The number of fused-ring (bicyclic) bond motifs is 1. The van der Waals surface area contributed by atoms with Gasteiger partial charge in [-0.1, -0.05) is 25.3 Å². The van der Waals surface area contributed by atoms with Crippen molar-refractivity contribution in [2.24, 2.45) is 0 Å². The van der Waals surface area contributed by atoms with Crippen molar-refractivity contribution in [3.05, 3.63) is 54.6 Å². The van der Waals surface area contributed by atoms with Crippen LogP contribution >= 0.6 is 12.4 Å². The second kappa shape index (κ2) is 7.67. The highest BCUT2D eigenvalue weighted by Gasteiger charge is 2.17. The monoisotopic (exact) mass is 342 g/mol. The number of hydrogen-bond acceptors (Lipinski definition) is 3. The normalized spacial score (nSPS) is 15.2. The zero-order chi connectivity index (χ0) is 15.5. The van der Waals surface area contributed by atoms with Crippen molar-refractivity contribution in [3.63, 3.8) is 0 Å². The zero-order valence-corrected chi connectivity index (χ0v) is 14.5. The molecule has 0 spiro atoms. The Labute approximate surface area is 148 Å². The van der Waals surface area contributed by atoms with Crippen LogP contribution in [0.15, 0.2) is 48.9 Å². The van der Waals surface area contributed by atoms with E-state index in [9.17, 15) is 0 Å². The second-order valence-electron chi connectivity index (χ2n) is 6.32. The Morgan fingerprint density at radius 2 is 1.92 bits per heavy atom. The summed E-state index contributed by atoms with van der Waals surface area (Å²) in [5.41, 5.74) is 4.46. The summed E-state index contributed by atoms with van der Waals surface area (Å²) in [6, 6.07) is 13.1. The minimum atomic E-state index is 0. The number of anilines is 1. The van der Waals surface area contributed by atoms with Gasteiger partial charge in [0.15, 0.2) is 0 Å². The average Bonchev–Trinajstić information content (AvgIpc) is 3.05. The molecular formula is C19H23ClN4. The lowest BCUT2D eigenvalue weighted by molar-refractivity contribution is 0.359. The van der Waals surface area contributed by atoms with Gasteiger partial charge in [0.1, 0.15) is 0 Å². The van der Waals surface area contributed by atoms with E-state index >= 15 is 0 Å². The van der Waals surface area contributed by atoms with E-state index < -0.39 is 0 Å². The summed E-state index contributed by atoms with van der Waals surface area (Å²) in [6.45, 7) is 0.732. The first-order valence-corrected chi connectivity index (χ1v) is 8.50. The molecule has 0 saturated heterocycles.